The molecule has 1 unspecified atom stereocenters. The lowest BCUT2D eigenvalue weighted by Crippen LogP contribution is -2.15. The quantitative estimate of drug-likeness (QED) is 0.828. The molecule has 0 amide bonds. The Hall–Kier alpha value is -0.420. The van der Waals surface area contributed by atoms with E-state index >= 15 is 0 Å². The predicted molar refractivity (Wildman–Crippen MR) is 86.0 cm³/mol. The first-order chi connectivity index (χ1) is 8.79. The van der Waals surface area contributed by atoms with Crippen molar-refractivity contribution in [2.24, 2.45) is 5.73 Å². The van der Waals surface area contributed by atoms with Gasteiger partial charge in [-0.2, -0.15) is 0 Å². The lowest BCUT2D eigenvalue weighted by atomic mass is 9.93. The molecule has 5 heteroatoms. The van der Waals surface area contributed by atoms with Gasteiger partial charge in [-0.05, 0) is 17.7 Å². The summed E-state index contributed by atoms with van der Waals surface area (Å²) >= 11 is 11.2. The minimum absolute atomic E-state index is 0.0397. The van der Waals surface area contributed by atoms with Gasteiger partial charge in [0.15, 0.2) is 0 Å². The van der Waals surface area contributed by atoms with E-state index in [0.717, 1.165) is 20.7 Å². The van der Waals surface area contributed by atoms with Gasteiger partial charge in [0.05, 0.1) is 11.7 Å². The summed E-state index contributed by atoms with van der Waals surface area (Å²) in [5.74, 6) is 0. The SMILES string of the molecule is CC(C)(C)c1csc(C(N)c2ccc(Br)cc2Cl)n1. The number of nitrogens with two attached hydrogens (primary N) is 1. The second-order valence-electron chi connectivity index (χ2n) is 5.46. The maximum Gasteiger partial charge on any atom is 0.114 e. The summed E-state index contributed by atoms with van der Waals surface area (Å²) in [4.78, 5) is 4.64. The van der Waals surface area contributed by atoms with Crippen LogP contribution in [-0.4, -0.2) is 4.98 Å². The molecule has 1 atom stereocenters. The Bertz CT molecular complexity index is 589. The Labute approximate surface area is 131 Å². The molecule has 0 aliphatic heterocycles. The first kappa shape index (κ1) is 15.0. The molecule has 1 aromatic heterocycles. The van der Waals surface area contributed by atoms with Gasteiger partial charge in [0.25, 0.3) is 0 Å². The maximum absolute atomic E-state index is 6.27. The average molecular weight is 360 g/mol. The Morgan fingerprint density at radius 3 is 2.58 bits per heavy atom. The maximum atomic E-state index is 6.27. The number of thiazole rings is 1. The van der Waals surface area contributed by atoms with Crippen molar-refractivity contribution < 1.29 is 0 Å². The zero-order valence-electron chi connectivity index (χ0n) is 11.1. The number of halogens is 2. The van der Waals surface area contributed by atoms with E-state index in [2.05, 4.69) is 47.1 Å². The molecule has 0 fully saturated rings. The number of nitrogens with zero attached hydrogens (tertiary/aromatic N) is 1. The second-order valence-corrected chi connectivity index (χ2v) is 7.68. The van der Waals surface area contributed by atoms with Crippen LogP contribution in [0.3, 0.4) is 0 Å². The van der Waals surface area contributed by atoms with Crippen LogP contribution in [0.25, 0.3) is 0 Å². The molecule has 0 aliphatic rings. The van der Waals surface area contributed by atoms with Crippen LogP contribution >= 0.6 is 38.9 Å². The molecular weight excluding hydrogens is 344 g/mol. The van der Waals surface area contributed by atoms with Gasteiger partial charge in [-0.3, -0.25) is 0 Å². The van der Waals surface area contributed by atoms with Crippen LogP contribution in [0.4, 0.5) is 0 Å². The van der Waals surface area contributed by atoms with Gasteiger partial charge in [0.1, 0.15) is 5.01 Å². The first-order valence-electron chi connectivity index (χ1n) is 5.95. The third-order valence-corrected chi connectivity index (χ3v) is 4.60. The standard InChI is InChI=1S/C14H16BrClN2S/c1-14(2,3)11-7-19-13(18-11)12(17)9-5-4-8(15)6-10(9)16/h4-7,12H,17H2,1-3H3. The van der Waals surface area contributed by atoms with Crippen molar-refractivity contribution in [2.45, 2.75) is 32.2 Å². The molecule has 19 heavy (non-hydrogen) atoms. The number of benzene rings is 1. The summed E-state index contributed by atoms with van der Waals surface area (Å²) in [6, 6.07) is 5.46. The molecule has 0 saturated heterocycles. The monoisotopic (exact) mass is 358 g/mol. The summed E-state index contributed by atoms with van der Waals surface area (Å²) in [5.41, 5.74) is 8.28. The van der Waals surface area contributed by atoms with E-state index in [9.17, 15) is 0 Å². The third kappa shape index (κ3) is 3.37. The van der Waals surface area contributed by atoms with Gasteiger partial charge in [-0.25, -0.2) is 4.98 Å². The highest BCUT2D eigenvalue weighted by Gasteiger charge is 2.21. The van der Waals surface area contributed by atoms with Gasteiger partial charge >= 0.3 is 0 Å². The zero-order valence-corrected chi connectivity index (χ0v) is 14.2. The van der Waals surface area contributed by atoms with E-state index in [1.807, 2.05) is 18.2 Å². The Morgan fingerprint density at radius 1 is 1.37 bits per heavy atom. The summed E-state index contributed by atoms with van der Waals surface area (Å²) in [5, 5.41) is 3.63. The molecule has 0 spiro atoms. The summed E-state index contributed by atoms with van der Waals surface area (Å²) in [6.07, 6.45) is 0. The zero-order chi connectivity index (χ0) is 14.2. The van der Waals surface area contributed by atoms with Crippen molar-refractivity contribution in [3.8, 4) is 0 Å². The topological polar surface area (TPSA) is 38.9 Å². The fourth-order valence-corrected chi connectivity index (χ4v) is 3.52. The Kier molecular flexibility index (Phi) is 4.35. The minimum Gasteiger partial charge on any atom is -0.318 e. The highest BCUT2D eigenvalue weighted by Crippen LogP contribution is 2.32. The molecule has 2 rings (SSSR count). The number of hydrogen-bond acceptors (Lipinski definition) is 3. The van der Waals surface area contributed by atoms with Crippen LogP contribution in [0.2, 0.25) is 5.02 Å². The lowest BCUT2D eigenvalue weighted by molar-refractivity contribution is 0.569. The van der Waals surface area contributed by atoms with Crippen LogP contribution in [-0.2, 0) is 5.41 Å². The number of aromatic nitrogens is 1. The smallest absolute Gasteiger partial charge is 0.114 e. The van der Waals surface area contributed by atoms with Crippen LogP contribution in [0.15, 0.2) is 28.1 Å². The fourth-order valence-electron chi connectivity index (χ4n) is 1.66. The van der Waals surface area contributed by atoms with Crippen molar-refractivity contribution in [2.75, 3.05) is 0 Å². The molecule has 0 aliphatic carbocycles. The van der Waals surface area contributed by atoms with Gasteiger partial charge in [-0.15, -0.1) is 11.3 Å². The van der Waals surface area contributed by atoms with E-state index in [0.29, 0.717) is 5.02 Å². The summed E-state index contributed by atoms with van der Waals surface area (Å²) in [6.45, 7) is 6.43. The van der Waals surface area contributed by atoms with Crippen molar-refractivity contribution in [3.63, 3.8) is 0 Å². The molecule has 2 nitrogen and oxygen atoms in total. The minimum atomic E-state index is -0.276. The summed E-state index contributed by atoms with van der Waals surface area (Å²) < 4.78 is 0.947. The third-order valence-electron chi connectivity index (χ3n) is 2.85. The van der Waals surface area contributed by atoms with Gasteiger partial charge < -0.3 is 5.73 Å². The molecule has 102 valence electrons. The molecule has 2 aromatic rings. The summed E-state index contributed by atoms with van der Waals surface area (Å²) in [7, 11) is 0. The van der Waals surface area contributed by atoms with Crippen molar-refractivity contribution in [1.29, 1.82) is 0 Å². The number of rotatable bonds is 2. The second kappa shape index (κ2) is 5.52. The van der Waals surface area contributed by atoms with Crippen LogP contribution < -0.4 is 5.73 Å². The molecular formula is C14H16BrClN2S. The highest BCUT2D eigenvalue weighted by atomic mass is 79.9. The van der Waals surface area contributed by atoms with E-state index in [1.165, 1.54) is 0 Å². The van der Waals surface area contributed by atoms with Crippen LogP contribution in [0.1, 0.15) is 43.1 Å². The van der Waals surface area contributed by atoms with E-state index < -0.39 is 0 Å². The van der Waals surface area contributed by atoms with E-state index in [1.54, 1.807) is 11.3 Å². The first-order valence-corrected chi connectivity index (χ1v) is 8.00. The largest absolute Gasteiger partial charge is 0.318 e. The van der Waals surface area contributed by atoms with Crippen molar-refractivity contribution in [1.82, 2.24) is 4.98 Å². The van der Waals surface area contributed by atoms with Gasteiger partial charge in [-0.1, -0.05) is 54.4 Å². The Morgan fingerprint density at radius 2 is 2.05 bits per heavy atom. The molecule has 0 radical (unpaired) electrons. The average Bonchev–Trinajstić information content (AvgIpc) is 2.76. The molecule has 0 saturated carbocycles. The molecule has 0 bridgehead atoms. The van der Waals surface area contributed by atoms with E-state index in [-0.39, 0.29) is 11.5 Å². The van der Waals surface area contributed by atoms with Crippen LogP contribution in [0.5, 0.6) is 0 Å². The van der Waals surface area contributed by atoms with E-state index in [4.69, 9.17) is 17.3 Å². The van der Waals surface area contributed by atoms with Gasteiger partial charge in [0, 0.05) is 20.3 Å². The van der Waals surface area contributed by atoms with Crippen molar-refractivity contribution in [3.05, 3.63) is 49.3 Å². The Balaban J connectivity index is 2.34. The number of hydrogen-bond donors (Lipinski definition) is 1. The normalized spacial score (nSPS) is 13.6. The van der Waals surface area contributed by atoms with Crippen molar-refractivity contribution >= 4 is 38.9 Å². The highest BCUT2D eigenvalue weighted by molar-refractivity contribution is 9.10. The lowest BCUT2D eigenvalue weighted by Gasteiger charge is -2.15. The molecule has 1 aromatic carbocycles. The predicted octanol–water partition coefficient (Wildman–Crippen LogP) is 4.90. The fraction of sp³-hybridized carbons (Fsp3) is 0.357. The molecule has 2 N–H and O–H groups in total. The van der Waals surface area contributed by atoms with Gasteiger partial charge in [0.2, 0.25) is 0 Å². The molecule has 1 heterocycles. The van der Waals surface area contributed by atoms with Crippen LogP contribution in [0, 0.1) is 0 Å².